The molecule has 2 aromatic carbocycles. The Kier molecular flexibility index (Phi) is 5.74. The largest absolute Gasteiger partial charge is 0.497 e. The molecular weight excluding hydrogens is 309 g/mol. The smallest absolute Gasteiger partial charge is 0.142 e. The quantitative estimate of drug-likeness (QED) is 0.858. The van der Waals surface area contributed by atoms with Gasteiger partial charge in [-0.3, -0.25) is 0 Å². The highest BCUT2D eigenvalue weighted by atomic mass is 35.5. The second-order valence-electron chi connectivity index (χ2n) is 4.54. The molecule has 0 amide bonds. The summed E-state index contributed by atoms with van der Waals surface area (Å²) in [5.74, 6) is 1.48. The van der Waals surface area contributed by atoms with Crippen molar-refractivity contribution in [2.24, 2.45) is 0 Å². The Morgan fingerprint density at radius 1 is 1.10 bits per heavy atom. The second-order valence-corrected chi connectivity index (χ2v) is 5.39. The normalized spacial score (nSPS) is 10.5. The first-order valence-corrected chi connectivity index (χ1v) is 7.28. The average Bonchev–Trinajstić information content (AvgIpc) is 2.47. The maximum Gasteiger partial charge on any atom is 0.142 e. The van der Waals surface area contributed by atoms with Crippen LogP contribution in [0.15, 0.2) is 36.4 Å². The summed E-state index contributed by atoms with van der Waals surface area (Å²) in [6.07, 6.45) is 0. The number of rotatable bonds is 6. The molecule has 5 heteroatoms. The molecule has 0 fully saturated rings. The molecule has 0 unspecified atom stereocenters. The molecule has 0 spiro atoms. The predicted octanol–water partition coefficient (Wildman–Crippen LogP) is 4.30. The van der Waals surface area contributed by atoms with E-state index in [0.717, 1.165) is 16.9 Å². The fraction of sp³-hybridized carbons (Fsp3) is 0.250. The van der Waals surface area contributed by atoms with Crippen LogP contribution in [0.1, 0.15) is 11.1 Å². The first kappa shape index (κ1) is 16.0. The standard InChI is InChI=1S/C16H17Cl2NO2/c1-19-9-12-7-13(17)8-15(18)16(12)21-10-11-3-5-14(20-2)6-4-11/h3-8,19H,9-10H2,1-2H3. The zero-order valence-electron chi connectivity index (χ0n) is 12.0. The Morgan fingerprint density at radius 2 is 1.81 bits per heavy atom. The lowest BCUT2D eigenvalue weighted by molar-refractivity contribution is 0.302. The van der Waals surface area contributed by atoms with Crippen molar-refractivity contribution < 1.29 is 9.47 Å². The molecule has 0 saturated heterocycles. The van der Waals surface area contributed by atoms with Crippen LogP contribution in [0.3, 0.4) is 0 Å². The van der Waals surface area contributed by atoms with Crippen molar-refractivity contribution in [3.05, 3.63) is 57.6 Å². The lowest BCUT2D eigenvalue weighted by Crippen LogP contribution is -2.08. The molecule has 0 radical (unpaired) electrons. The number of hydrogen-bond donors (Lipinski definition) is 1. The Bertz CT molecular complexity index is 600. The lowest BCUT2D eigenvalue weighted by atomic mass is 10.2. The molecule has 2 rings (SSSR count). The summed E-state index contributed by atoms with van der Waals surface area (Å²) in [6.45, 7) is 1.07. The van der Waals surface area contributed by atoms with E-state index in [0.29, 0.717) is 28.9 Å². The Labute approximate surface area is 134 Å². The first-order valence-electron chi connectivity index (χ1n) is 6.52. The average molecular weight is 326 g/mol. The predicted molar refractivity (Wildman–Crippen MR) is 86.6 cm³/mol. The fourth-order valence-corrected chi connectivity index (χ4v) is 2.56. The monoisotopic (exact) mass is 325 g/mol. The van der Waals surface area contributed by atoms with Gasteiger partial charge >= 0.3 is 0 Å². The van der Waals surface area contributed by atoms with Gasteiger partial charge in [-0.2, -0.15) is 0 Å². The van der Waals surface area contributed by atoms with E-state index < -0.39 is 0 Å². The molecule has 0 saturated carbocycles. The Morgan fingerprint density at radius 3 is 2.43 bits per heavy atom. The molecule has 0 atom stereocenters. The summed E-state index contributed by atoms with van der Waals surface area (Å²) in [5, 5.41) is 4.19. The van der Waals surface area contributed by atoms with Gasteiger partial charge in [0.25, 0.3) is 0 Å². The zero-order chi connectivity index (χ0) is 15.2. The van der Waals surface area contributed by atoms with Gasteiger partial charge < -0.3 is 14.8 Å². The third-order valence-electron chi connectivity index (χ3n) is 2.99. The molecule has 0 aromatic heterocycles. The van der Waals surface area contributed by atoms with Gasteiger partial charge in [-0.25, -0.2) is 0 Å². The summed E-state index contributed by atoms with van der Waals surface area (Å²) < 4.78 is 11.0. The van der Waals surface area contributed by atoms with E-state index in [9.17, 15) is 0 Å². The van der Waals surface area contributed by atoms with E-state index in [4.69, 9.17) is 32.7 Å². The minimum Gasteiger partial charge on any atom is -0.497 e. The number of ether oxygens (including phenoxy) is 2. The zero-order valence-corrected chi connectivity index (χ0v) is 13.5. The molecule has 21 heavy (non-hydrogen) atoms. The van der Waals surface area contributed by atoms with E-state index in [2.05, 4.69) is 5.32 Å². The van der Waals surface area contributed by atoms with Crippen molar-refractivity contribution >= 4 is 23.2 Å². The van der Waals surface area contributed by atoms with Gasteiger partial charge in [0.05, 0.1) is 12.1 Å². The van der Waals surface area contributed by atoms with Crippen molar-refractivity contribution in [1.82, 2.24) is 5.32 Å². The van der Waals surface area contributed by atoms with Crippen molar-refractivity contribution in [2.45, 2.75) is 13.2 Å². The van der Waals surface area contributed by atoms with Gasteiger partial charge in [0.15, 0.2) is 0 Å². The van der Waals surface area contributed by atoms with Crippen molar-refractivity contribution in [3.8, 4) is 11.5 Å². The van der Waals surface area contributed by atoms with Gasteiger partial charge in [0.2, 0.25) is 0 Å². The molecule has 2 aromatic rings. The van der Waals surface area contributed by atoms with E-state index in [1.165, 1.54) is 0 Å². The second kappa shape index (κ2) is 7.55. The number of nitrogens with one attached hydrogen (secondary N) is 1. The van der Waals surface area contributed by atoms with Crippen LogP contribution in [0.2, 0.25) is 10.0 Å². The maximum atomic E-state index is 6.23. The van der Waals surface area contributed by atoms with Crippen LogP contribution in [0, 0.1) is 0 Å². The Hall–Kier alpha value is -1.42. The fourth-order valence-electron chi connectivity index (χ4n) is 1.97. The summed E-state index contributed by atoms with van der Waals surface area (Å²) in [7, 11) is 3.51. The Balaban J connectivity index is 2.14. The summed E-state index contributed by atoms with van der Waals surface area (Å²) >= 11 is 12.3. The van der Waals surface area contributed by atoms with Crippen LogP contribution < -0.4 is 14.8 Å². The van der Waals surface area contributed by atoms with Crippen LogP contribution in [-0.4, -0.2) is 14.2 Å². The molecule has 0 aliphatic carbocycles. The number of hydrogen-bond acceptors (Lipinski definition) is 3. The van der Waals surface area contributed by atoms with E-state index in [1.807, 2.05) is 37.4 Å². The third-order valence-corrected chi connectivity index (χ3v) is 3.49. The van der Waals surface area contributed by atoms with E-state index in [-0.39, 0.29) is 0 Å². The molecular formula is C16H17Cl2NO2. The van der Waals surface area contributed by atoms with Crippen molar-refractivity contribution in [1.29, 1.82) is 0 Å². The SMILES string of the molecule is CNCc1cc(Cl)cc(Cl)c1OCc1ccc(OC)cc1. The van der Waals surface area contributed by atoms with Crippen LogP contribution in [0.4, 0.5) is 0 Å². The van der Waals surface area contributed by atoms with Crippen LogP contribution in [-0.2, 0) is 13.2 Å². The van der Waals surface area contributed by atoms with E-state index >= 15 is 0 Å². The van der Waals surface area contributed by atoms with Crippen LogP contribution in [0.25, 0.3) is 0 Å². The number of benzene rings is 2. The topological polar surface area (TPSA) is 30.5 Å². The van der Waals surface area contributed by atoms with Gasteiger partial charge in [-0.15, -0.1) is 0 Å². The minimum absolute atomic E-state index is 0.433. The molecule has 3 nitrogen and oxygen atoms in total. The van der Waals surface area contributed by atoms with E-state index in [1.54, 1.807) is 13.2 Å². The highest BCUT2D eigenvalue weighted by Gasteiger charge is 2.10. The molecule has 0 aliphatic rings. The van der Waals surface area contributed by atoms with Crippen LogP contribution in [0.5, 0.6) is 11.5 Å². The van der Waals surface area contributed by atoms with Gasteiger partial charge in [-0.1, -0.05) is 35.3 Å². The minimum atomic E-state index is 0.433. The van der Waals surface area contributed by atoms with Gasteiger partial charge in [0, 0.05) is 17.1 Å². The third kappa shape index (κ3) is 4.27. The molecule has 0 heterocycles. The molecule has 1 N–H and O–H groups in total. The first-order chi connectivity index (χ1) is 10.1. The lowest BCUT2D eigenvalue weighted by Gasteiger charge is -2.14. The maximum absolute atomic E-state index is 6.23. The molecule has 112 valence electrons. The van der Waals surface area contributed by atoms with Gasteiger partial charge in [0.1, 0.15) is 18.1 Å². The summed E-state index contributed by atoms with van der Waals surface area (Å²) in [6, 6.07) is 11.3. The number of halogens is 2. The number of methoxy groups -OCH3 is 1. The summed E-state index contributed by atoms with van der Waals surface area (Å²) in [5.41, 5.74) is 1.97. The molecule has 0 aliphatic heterocycles. The highest BCUT2D eigenvalue weighted by molar-refractivity contribution is 6.35. The van der Waals surface area contributed by atoms with Gasteiger partial charge in [-0.05, 0) is 36.9 Å². The highest BCUT2D eigenvalue weighted by Crippen LogP contribution is 2.33. The molecule has 0 bridgehead atoms. The summed E-state index contributed by atoms with van der Waals surface area (Å²) in [4.78, 5) is 0. The van der Waals surface area contributed by atoms with Crippen LogP contribution >= 0.6 is 23.2 Å². The van der Waals surface area contributed by atoms with Crippen molar-refractivity contribution in [3.63, 3.8) is 0 Å². The van der Waals surface area contributed by atoms with Crippen molar-refractivity contribution in [2.75, 3.05) is 14.2 Å².